The summed E-state index contributed by atoms with van der Waals surface area (Å²) in [6.45, 7) is 1.25. The van der Waals surface area contributed by atoms with E-state index < -0.39 is 0 Å². The number of pyridine rings is 1. The molecule has 0 aliphatic carbocycles. The van der Waals surface area contributed by atoms with Gasteiger partial charge in [-0.05, 0) is 42.2 Å². The van der Waals surface area contributed by atoms with Gasteiger partial charge in [0.15, 0.2) is 0 Å². The molecule has 1 amide bonds. The second-order valence-electron chi connectivity index (χ2n) is 6.26. The number of rotatable bonds is 8. The molecular weight excluding hydrogens is 341 g/mol. The highest BCUT2D eigenvalue weighted by Crippen LogP contribution is 2.09. The maximum Gasteiger partial charge on any atom is 0.252 e. The van der Waals surface area contributed by atoms with E-state index in [0.29, 0.717) is 18.5 Å². The van der Waals surface area contributed by atoms with E-state index in [1.54, 1.807) is 30.6 Å². The van der Waals surface area contributed by atoms with E-state index in [9.17, 15) is 9.18 Å². The molecule has 0 unspecified atom stereocenters. The molecule has 0 aliphatic rings. The third kappa shape index (κ3) is 5.92. The van der Waals surface area contributed by atoms with Gasteiger partial charge in [0.1, 0.15) is 5.82 Å². The highest BCUT2D eigenvalue weighted by molar-refractivity contribution is 5.94. The van der Waals surface area contributed by atoms with Gasteiger partial charge in [0, 0.05) is 25.5 Å². The predicted octanol–water partition coefficient (Wildman–Crippen LogP) is 3.85. The molecule has 0 radical (unpaired) electrons. The maximum atomic E-state index is 12.9. The van der Waals surface area contributed by atoms with E-state index in [2.05, 4.69) is 27.8 Å². The Kier molecular flexibility index (Phi) is 6.52. The fraction of sp³-hybridized carbons (Fsp3) is 0.182. The van der Waals surface area contributed by atoms with Crippen LogP contribution in [0.3, 0.4) is 0 Å². The first kappa shape index (κ1) is 18.6. The third-order valence-electron chi connectivity index (χ3n) is 4.20. The molecule has 138 valence electrons. The largest absolute Gasteiger partial charge is 0.383 e. The lowest BCUT2D eigenvalue weighted by molar-refractivity contribution is 0.0954. The molecule has 27 heavy (non-hydrogen) atoms. The van der Waals surface area contributed by atoms with Crippen molar-refractivity contribution in [1.29, 1.82) is 0 Å². The molecule has 2 aromatic carbocycles. The van der Waals surface area contributed by atoms with Gasteiger partial charge in [-0.2, -0.15) is 0 Å². The standard InChI is InChI=1S/C22H22FN3O/c23-20-8-6-18(7-9-20)11-13-26-22(27)19-14-21(16-24-15-19)25-12-10-17-4-2-1-3-5-17/h1-9,14-16,25H,10-13H2,(H,26,27). The lowest BCUT2D eigenvalue weighted by atomic mass is 10.1. The zero-order valence-electron chi connectivity index (χ0n) is 15.0. The fourth-order valence-electron chi connectivity index (χ4n) is 2.73. The summed E-state index contributed by atoms with van der Waals surface area (Å²) in [6, 6.07) is 18.3. The molecule has 0 fully saturated rings. The molecule has 0 spiro atoms. The van der Waals surface area contributed by atoms with Gasteiger partial charge in [-0.3, -0.25) is 9.78 Å². The summed E-state index contributed by atoms with van der Waals surface area (Å²) in [7, 11) is 0. The quantitative estimate of drug-likeness (QED) is 0.639. The van der Waals surface area contributed by atoms with Crippen molar-refractivity contribution in [3.63, 3.8) is 0 Å². The summed E-state index contributed by atoms with van der Waals surface area (Å²) in [5.41, 5.74) is 3.56. The van der Waals surface area contributed by atoms with Crippen LogP contribution in [0.1, 0.15) is 21.5 Å². The van der Waals surface area contributed by atoms with E-state index in [4.69, 9.17) is 0 Å². The van der Waals surface area contributed by atoms with E-state index in [0.717, 1.165) is 24.2 Å². The first-order chi connectivity index (χ1) is 13.2. The maximum absolute atomic E-state index is 12.9. The van der Waals surface area contributed by atoms with Crippen LogP contribution in [-0.2, 0) is 12.8 Å². The number of nitrogens with one attached hydrogen (secondary N) is 2. The second-order valence-corrected chi connectivity index (χ2v) is 6.26. The van der Waals surface area contributed by atoms with Gasteiger partial charge in [-0.25, -0.2) is 4.39 Å². The summed E-state index contributed by atoms with van der Waals surface area (Å²) in [4.78, 5) is 16.4. The van der Waals surface area contributed by atoms with Crippen LogP contribution in [0.5, 0.6) is 0 Å². The van der Waals surface area contributed by atoms with Crippen molar-refractivity contribution in [2.75, 3.05) is 18.4 Å². The van der Waals surface area contributed by atoms with Gasteiger partial charge in [-0.15, -0.1) is 0 Å². The lowest BCUT2D eigenvalue weighted by Crippen LogP contribution is -2.26. The Bertz CT molecular complexity index is 866. The van der Waals surface area contributed by atoms with Gasteiger partial charge >= 0.3 is 0 Å². The van der Waals surface area contributed by atoms with Gasteiger partial charge in [0.05, 0.1) is 11.3 Å². The second kappa shape index (κ2) is 9.48. The molecule has 1 heterocycles. The Labute approximate surface area is 158 Å². The monoisotopic (exact) mass is 363 g/mol. The van der Waals surface area contributed by atoms with Crippen LogP contribution in [0.25, 0.3) is 0 Å². The highest BCUT2D eigenvalue weighted by Gasteiger charge is 2.07. The summed E-state index contributed by atoms with van der Waals surface area (Å²) in [5, 5.41) is 6.17. The average molecular weight is 363 g/mol. The van der Waals surface area contributed by atoms with Crippen molar-refractivity contribution in [1.82, 2.24) is 10.3 Å². The van der Waals surface area contributed by atoms with E-state index >= 15 is 0 Å². The van der Waals surface area contributed by atoms with Crippen LogP contribution < -0.4 is 10.6 Å². The molecule has 4 nitrogen and oxygen atoms in total. The van der Waals surface area contributed by atoms with E-state index in [1.807, 2.05) is 18.2 Å². The predicted molar refractivity (Wildman–Crippen MR) is 105 cm³/mol. The molecule has 5 heteroatoms. The number of hydrogen-bond acceptors (Lipinski definition) is 3. The summed E-state index contributed by atoms with van der Waals surface area (Å²) in [6.07, 6.45) is 4.80. The summed E-state index contributed by atoms with van der Waals surface area (Å²) >= 11 is 0. The Hall–Kier alpha value is -3.21. The molecule has 3 aromatic rings. The number of anilines is 1. The molecule has 0 bridgehead atoms. The topological polar surface area (TPSA) is 54.0 Å². The minimum absolute atomic E-state index is 0.170. The number of carbonyl (C=O) groups is 1. The number of aromatic nitrogens is 1. The van der Waals surface area contributed by atoms with Crippen molar-refractivity contribution >= 4 is 11.6 Å². The summed E-state index contributed by atoms with van der Waals surface area (Å²) in [5.74, 6) is -0.429. The van der Waals surface area contributed by atoms with Crippen LogP contribution in [0.4, 0.5) is 10.1 Å². The van der Waals surface area contributed by atoms with Crippen LogP contribution in [0, 0.1) is 5.82 Å². The van der Waals surface area contributed by atoms with Gasteiger partial charge < -0.3 is 10.6 Å². The molecule has 0 saturated carbocycles. The Balaban J connectivity index is 1.47. The lowest BCUT2D eigenvalue weighted by Gasteiger charge is -2.09. The molecule has 2 N–H and O–H groups in total. The minimum Gasteiger partial charge on any atom is -0.383 e. The number of hydrogen-bond donors (Lipinski definition) is 2. The van der Waals surface area contributed by atoms with Crippen LogP contribution in [-0.4, -0.2) is 24.0 Å². The molecule has 0 atom stereocenters. The van der Waals surface area contributed by atoms with Crippen LogP contribution in [0.15, 0.2) is 73.1 Å². The normalized spacial score (nSPS) is 10.4. The number of halogens is 1. The molecule has 0 aliphatic heterocycles. The van der Waals surface area contributed by atoms with Gasteiger partial charge in [-0.1, -0.05) is 42.5 Å². The smallest absolute Gasteiger partial charge is 0.252 e. The third-order valence-corrected chi connectivity index (χ3v) is 4.20. The SMILES string of the molecule is O=C(NCCc1ccc(F)cc1)c1cncc(NCCc2ccccc2)c1. The van der Waals surface area contributed by atoms with E-state index in [1.165, 1.54) is 17.7 Å². The molecule has 3 rings (SSSR count). The van der Waals surface area contributed by atoms with Gasteiger partial charge in [0.25, 0.3) is 5.91 Å². The Morgan fingerprint density at radius 1 is 0.889 bits per heavy atom. The average Bonchev–Trinajstić information content (AvgIpc) is 2.70. The number of benzene rings is 2. The number of nitrogens with zero attached hydrogens (tertiary/aromatic N) is 1. The highest BCUT2D eigenvalue weighted by atomic mass is 19.1. The fourth-order valence-corrected chi connectivity index (χ4v) is 2.73. The molecular formula is C22H22FN3O. The molecule has 0 saturated heterocycles. The number of amides is 1. The van der Waals surface area contributed by atoms with Crippen molar-refractivity contribution < 1.29 is 9.18 Å². The van der Waals surface area contributed by atoms with Crippen LogP contribution in [0.2, 0.25) is 0 Å². The van der Waals surface area contributed by atoms with Gasteiger partial charge in [0.2, 0.25) is 0 Å². The zero-order valence-corrected chi connectivity index (χ0v) is 15.0. The van der Waals surface area contributed by atoms with Crippen molar-refractivity contribution in [2.24, 2.45) is 0 Å². The first-order valence-electron chi connectivity index (χ1n) is 8.96. The van der Waals surface area contributed by atoms with Crippen molar-refractivity contribution in [2.45, 2.75) is 12.8 Å². The van der Waals surface area contributed by atoms with E-state index in [-0.39, 0.29) is 11.7 Å². The van der Waals surface area contributed by atoms with Crippen molar-refractivity contribution in [3.05, 3.63) is 95.6 Å². The molecule has 1 aromatic heterocycles. The number of carbonyl (C=O) groups excluding carboxylic acids is 1. The zero-order chi connectivity index (χ0) is 18.9. The Morgan fingerprint density at radius 2 is 1.59 bits per heavy atom. The van der Waals surface area contributed by atoms with Crippen molar-refractivity contribution in [3.8, 4) is 0 Å². The minimum atomic E-state index is -0.259. The Morgan fingerprint density at radius 3 is 2.37 bits per heavy atom. The summed E-state index contributed by atoms with van der Waals surface area (Å²) < 4.78 is 12.9. The first-order valence-corrected chi connectivity index (χ1v) is 8.96. The van der Waals surface area contributed by atoms with Crippen LogP contribution >= 0.6 is 0 Å².